The van der Waals surface area contributed by atoms with Gasteiger partial charge < -0.3 is 15.4 Å². The molecule has 1 saturated heterocycles. The van der Waals surface area contributed by atoms with Crippen LogP contribution in [0.5, 0.6) is 0 Å². The number of halogens is 2. The molecule has 1 aromatic rings. The molecule has 2 unspecified atom stereocenters. The van der Waals surface area contributed by atoms with Crippen molar-refractivity contribution in [1.82, 2.24) is 15.5 Å². The molecule has 2 atom stereocenters. The summed E-state index contributed by atoms with van der Waals surface area (Å²) >= 11 is 0. The van der Waals surface area contributed by atoms with Crippen LogP contribution in [0, 0.1) is 0 Å². The van der Waals surface area contributed by atoms with Crippen molar-refractivity contribution in [3.63, 3.8) is 0 Å². The molecular weight excluding hydrogens is 361 g/mol. The zero-order chi connectivity index (χ0) is 16.1. The van der Waals surface area contributed by atoms with E-state index >= 15 is 0 Å². The predicted molar refractivity (Wildman–Crippen MR) is 105 cm³/mol. The standard InChI is InChI=1S/C18H27N3O2.2ClH/c1-2-16(11-20-18(22)17-13-23-10-8-19-17)21-9-7-14-5-3-4-6-15(14)12-21;;/h3-6,16-17,19H,2,7-13H2,1H3,(H,20,22);2*1H. The number of carbonyl (C=O) groups is 1. The van der Waals surface area contributed by atoms with E-state index in [0.29, 0.717) is 25.8 Å². The molecule has 0 radical (unpaired) electrons. The van der Waals surface area contributed by atoms with E-state index in [2.05, 4.69) is 46.7 Å². The molecule has 5 nitrogen and oxygen atoms in total. The van der Waals surface area contributed by atoms with E-state index in [0.717, 1.165) is 32.5 Å². The van der Waals surface area contributed by atoms with E-state index < -0.39 is 0 Å². The molecule has 0 bridgehead atoms. The second-order valence-corrected chi connectivity index (χ2v) is 6.38. The Balaban J connectivity index is 0.00000156. The maximum absolute atomic E-state index is 12.2. The van der Waals surface area contributed by atoms with Crippen molar-refractivity contribution in [2.45, 2.75) is 38.4 Å². The first-order chi connectivity index (χ1) is 11.3. The third kappa shape index (κ3) is 5.83. The first-order valence-corrected chi connectivity index (χ1v) is 8.67. The molecule has 0 spiro atoms. The fourth-order valence-electron chi connectivity index (χ4n) is 3.44. The fraction of sp³-hybridized carbons (Fsp3) is 0.611. The summed E-state index contributed by atoms with van der Waals surface area (Å²) < 4.78 is 5.36. The van der Waals surface area contributed by atoms with Gasteiger partial charge in [-0.25, -0.2) is 0 Å². The highest BCUT2D eigenvalue weighted by Gasteiger charge is 2.25. The molecule has 25 heavy (non-hydrogen) atoms. The monoisotopic (exact) mass is 389 g/mol. The van der Waals surface area contributed by atoms with Crippen LogP contribution >= 0.6 is 24.8 Å². The molecule has 1 fully saturated rings. The van der Waals surface area contributed by atoms with Crippen LogP contribution in [0.1, 0.15) is 24.5 Å². The lowest BCUT2D eigenvalue weighted by Crippen LogP contribution is -2.54. The number of morpholine rings is 1. The van der Waals surface area contributed by atoms with Crippen molar-refractivity contribution in [3.05, 3.63) is 35.4 Å². The van der Waals surface area contributed by atoms with E-state index in [1.54, 1.807) is 0 Å². The van der Waals surface area contributed by atoms with Gasteiger partial charge in [0.25, 0.3) is 0 Å². The zero-order valence-electron chi connectivity index (χ0n) is 14.7. The summed E-state index contributed by atoms with van der Waals surface area (Å²) in [6.07, 6.45) is 2.13. The van der Waals surface area contributed by atoms with Gasteiger partial charge in [0.05, 0.1) is 13.2 Å². The number of benzene rings is 1. The minimum absolute atomic E-state index is 0. The van der Waals surface area contributed by atoms with Gasteiger partial charge in [-0.05, 0) is 24.0 Å². The Morgan fingerprint density at radius 2 is 2.12 bits per heavy atom. The van der Waals surface area contributed by atoms with Gasteiger partial charge in [0.2, 0.25) is 5.91 Å². The summed E-state index contributed by atoms with van der Waals surface area (Å²) in [5.41, 5.74) is 2.89. The third-order valence-electron chi connectivity index (χ3n) is 4.90. The number of ether oxygens (including phenoxy) is 1. The van der Waals surface area contributed by atoms with Crippen LogP contribution < -0.4 is 10.6 Å². The summed E-state index contributed by atoms with van der Waals surface area (Å²) in [7, 11) is 0. The SMILES string of the molecule is CCC(CNC(=O)C1COCCN1)N1CCc2ccccc2C1.Cl.Cl. The lowest BCUT2D eigenvalue weighted by Gasteiger charge is -2.35. The van der Waals surface area contributed by atoms with Crippen LogP contribution in [0.25, 0.3) is 0 Å². The number of hydrogen-bond donors (Lipinski definition) is 2. The maximum Gasteiger partial charge on any atom is 0.239 e. The van der Waals surface area contributed by atoms with Gasteiger partial charge in [-0.3, -0.25) is 9.69 Å². The van der Waals surface area contributed by atoms with Crippen LogP contribution in [-0.4, -0.2) is 55.7 Å². The van der Waals surface area contributed by atoms with Crippen molar-refractivity contribution < 1.29 is 9.53 Å². The number of hydrogen-bond acceptors (Lipinski definition) is 4. The minimum atomic E-state index is -0.205. The molecule has 0 saturated carbocycles. The summed E-state index contributed by atoms with van der Waals surface area (Å²) in [6, 6.07) is 8.85. The van der Waals surface area contributed by atoms with Gasteiger partial charge >= 0.3 is 0 Å². The average molecular weight is 390 g/mol. The maximum atomic E-state index is 12.2. The van der Waals surface area contributed by atoms with Gasteiger partial charge in [0.1, 0.15) is 6.04 Å². The summed E-state index contributed by atoms with van der Waals surface area (Å²) in [5.74, 6) is 0.0561. The van der Waals surface area contributed by atoms with Crippen LogP contribution in [-0.2, 0) is 22.5 Å². The number of nitrogens with one attached hydrogen (secondary N) is 2. The highest BCUT2D eigenvalue weighted by atomic mass is 35.5. The quantitative estimate of drug-likeness (QED) is 0.805. The Hall–Kier alpha value is -0.850. The smallest absolute Gasteiger partial charge is 0.239 e. The average Bonchev–Trinajstić information content (AvgIpc) is 2.62. The van der Waals surface area contributed by atoms with E-state index in [1.165, 1.54) is 11.1 Å². The van der Waals surface area contributed by atoms with E-state index in [4.69, 9.17) is 4.74 Å². The Morgan fingerprint density at radius 3 is 2.80 bits per heavy atom. The van der Waals surface area contributed by atoms with E-state index in [-0.39, 0.29) is 36.8 Å². The van der Waals surface area contributed by atoms with Crippen molar-refractivity contribution in [2.24, 2.45) is 0 Å². The molecule has 3 rings (SSSR count). The van der Waals surface area contributed by atoms with Gasteiger partial charge in [0, 0.05) is 32.2 Å². The molecular formula is C18H29Cl2N3O2. The van der Waals surface area contributed by atoms with Gasteiger partial charge in [-0.1, -0.05) is 31.2 Å². The second-order valence-electron chi connectivity index (χ2n) is 6.38. The lowest BCUT2D eigenvalue weighted by atomic mass is 9.98. The molecule has 2 N–H and O–H groups in total. The number of amides is 1. The van der Waals surface area contributed by atoms with Gasteiger partial charge in [-0.15, -0.1) is 24.8 Å². The van der Waals surface area contributed by atoms with Crippen LogP contribution in [0.4, 0.5) is 0 Å². The molecule has 2 aliphatic heterocycles. The normalized spacial score (nSPS) is 21.2. The van der Waals surface area contributed by atoms with Gasteiger partial charge in [-0.2, -0.15) is 0 Å². The number of nitrogens with zero attached hydrogens (tertiary/aromatic N) is 1. The summed E-state index contributed by atoms with van der Waals surface area (Å²) in [4.78, 5) is 14.7. The van der Waals surface area contributed by atoms with Crippen molar-refractivity contribution in [2.75, 3.05) is 32.8 Å². The topological polar surface area (TPSA) is 53.6 Å². The van der Waals surface area contributed by atoms with Crippen molar-refractivity contribution in [3.8, 4) is 0 Å². The molecule has 0 aliphatic carbocycles. The van der Waals surface area contributed by atoms with E-state index in [1.807, 2.05) is 0 Å². The lowest BCUT2D eigenvalue weighted by molar-refractivity contribution is -0.126. The van der Waals surface area contributed by atoms with Gasteiger partial charge in [0.15, 0.2) is 0 Å². The molecule has 1 aromatic carbocycles. The predicted octanol–water partition coefficient (Wildman–Crippen LogP) is 1.77. The highest BCUT2D eigenvalue weighted by Crippen LogP contribution is 2.21. The Bertz CT molecular complexity index is 539. The number of rotatable bonds is 5. The Labute approximate surface area is 162 Å². The molecule has 142 valence electrons. The number of carbonyl (C=O) groups excluding carboxylic acids is 1. The Morgan fingerprint density at radius 1 is 1.36 bits per heavy atom. The van der Waals surface area contributed by atoms with Crippen molar-refractivity contribution >= 4 is 30.7 Å². The number of fused-ring (bicyclic) bond motifs is 1. The zero-order valence-corrected chi connectivity index (χ0v) is 16.3. The van der Waals surface area contributed by atoms with Crippen LogP contribution in [0.15, 0.2) is 24.3 Å². The van der Waals surface area contributed by atoms with Crippen LogP contribution in [0.2, 0.25) is 0 Å². The molecule has 7 heteroatoms. The highest BCUT2D eigenvalue weighted by molar-refractivity contribution is 5.85. The summed E-state index contributed by atoms with van der Waals surface area (Å²) in [6.45, 7) is 6.85. The first-order valence-electron chi connectivity index (χ1n) is 8.67. The third-order valence-corrected chi connectivity index (χ3v) is 4.90. The molecule has 1 amide bonds. The molecule has 0 aromatic heterocycles. The van der Waals surface area contributed by atoms with Crippen LogP contribution in [0.3, 0.4) is 0 Å². The minimum Gasteiger partial charge on any atom is -0.378 e. The second kappa shape index (κ2) is 11.0. The van der Waals surface area contributed by atoms with E-state index in [9.17, 15) is 4.79 Å². The fourth-order valence-corrected chi connectivity index (χ4v) is 3.44. The summed E-state index contributed by atoms with van der Waals surface area (Å²) in [5, 5.41) is 6.30. The largest absolute Gasteiger partial charge is 0.378 e. The first kappa shape index (κ1) is 22.2. The van der Waals surface area contributed by atoms with Crippen molar-refractivity contribution in [1.29, 1.82) is 0 Å². The Kier molecular flexibility index (Phi) is 9.75. The molecule has 2 aliphatic rings. The molecule has 2 heterocycles.